The molecule has 4 nitrogen and oxygen atoms in total. The number of hydrogen-bond donors (Lipinski definition) is 2. The molecule has 0 aromatic heterocycles. The Labute approximate surface area is 67.1 Å². The van der Waals surface area contributed by atoms with Crippen LogP contribution in [-0.4, -0.2) is 32.2 Å². The van der Waals surface area contributed by atoms with Gasteiger partial charge in [0.1, 0.15) is 0 Å². The highest BCUT2D eigenvalue weighted by Crippen LogP contribution is 1.99. The van der Waals surface area contributed by atoms with Gasteiger partial charge in [-0.1, -0.05) is 0 Å². The van der Waals surface area contributed by atoms with Crippen molar-refractivity contribution in [1.29, 1.82) is 0 Å². The van der Waals surface area contributed by atoms with Crippen LogP contribution in [0.4, 0.5) is 0 Å². The van der Waals surface area contributed by atoms with Crippen LogP contribution in [0.15, 0.2) is 0 Å². The standard InChI is InChI=1S/C7H16N2O2/c1-5(11-3)4-6(9-2)7(8)10/h5-6,9H,4H2,1-3H3,(H2,8,10)/t5?,6-/m1/s1. The Kier molecular flexibility index (Phi) is 4.81. The smallest absolute Gasteiger partial charge is 0.234 e. The molecule has 0 bridgehead atoms. The molecular formula is C7H16N2O2. The van der Waals surface area contributed by atoms with E-state index in [1.54, 1.807) is 14.2 Å². The van der Waals surface area contributed by atoms with Gasteiger partial charge in [-0.25, -0.2) is 0 Å². The Morgan fingerprint density at radius 2 is 2.27 bits per heavy atom. The van der Waals surface area contributed by atoms with Gasteiger partial charge in [-0.3, -0.25) is 4.79 Å². The number of ether oxygens (including phenoxy) is 1. The molecule has 3 N–H and O–H groups in total. The lowest BCUT2D eigenvalue weighted by Crippen LogP contribution is -2.41. The number of nitrogens with two attached hydrogens (primary N) is 1. The van der Waals surface area contributed by atoms with Gasteiger partial charge in [0.25, 0.3) is 0 Å². The van der Waals surface area contributed by atoms with Gasteiger partial charge in [-0.15, -0.1) is 0 Å². The third kappa shape index (κ3) is 3.95. The molecule has 0 rings (SSSR count). The second-order valence-electron chi connectivity index (χ2n) is 2.53. The molecule has 0 saturated carbocycles. The van der Waals surface area contributed by atoms with E-state index in [0.717, 1.165) is 0 Å². The third-order valence-electron chi connectivity index (χ3n) is 1.66. The van der Waals surface area contributed by atoms with E-state index in [1.807, 2.05) is 6.92 Å². The summed E-state index contributed by atoms with van der Waals surface area (Å²) in [5.74, 6) is -0.337. The summed E-state index contributed by atoms with van der Waals surface area (Å²) in [5.41, 5.74) is 5.09. The fourth-order valence-electron chi connectivity index (χ4n) is 0.804. The number of primary amides is 1. The minimum absolute atomic E-state index is 0.0555. The van der Waals surface area contributed by atoms with Crippen molar-refractivity contribution in [3.8, 4) is 0 Å². The summed E-state index contributed by atoms with van der Waals surface area (Å²) in [4.78, 5) is 10.7. The fraction of sp³-hybridized carbons (Fsp3) is 0.857. The lowest BCUT2D eigenvalue weighted by Gasteiger charge is -2.15. The van der Waals surface area contributed by atoms with Crippen molar-refractivity contribution in [2.45, 2.75) is 25.5 Å². The van der Waals surface area contributed by atoms with Crippen molar-refractivity contribution in [2.24, 2.45) is 5.73 Å². The van der Waals surface area contributed by atoms with Gasteiger partial charge in [-0.05, 0) is 20.4 Å². The minimum Gasteiger partial charge on any atom is -0.382 e. The molecule has 0 aromatic carbocycles. The maximum atomic E-state index is 10.7. The van der Waals surface area contributed by atoms with Crippen molar-refractivity contribution >= 4 is 5.91 Å². The Morgan fingerprint density at radius 1 is 1.73 bits per heavy atom. The third-order valence-corrected chi connectivity index (χ3v) is 1.66. The van der Waals surface area contributed by atoms with Gasteiger partial charge < -0.3 is 15.8 Å². The SMILES string of the molecule is CN[C@H](CC(C)OC)C(N)=O. The van der Waals surface area contributed by atoms with Gasteiger partial charge in [0.15, 0.2) is 0 Å². The zero-order valence-corrected chi connectivity index (χ0v) is 7.26. The van der Waals surface area contributed by atoms with Crippen LogP contribution >= 0.6 is 0 Å². The zero-order valence-electron chi connectivity index (χ0n) is 7.26. The van der Waals surface area contributed by atoms with Gasteiger partial charge in [0.2, 0.25) is 5.91 Å². The van der Waals surface area contributed by atoms with Gasteiger partial charge in [0.05, 0.1) is 12.1 Å². The van der Waals surface area contributed by atoms with E-state index in [4.69, 9.17) is 10.5 Å². The fourth-order valence-corrected chi connectivity index (χ4v) is 0.804. The number of hydrogen-bond acceptors (Lipinski definition) is 3. The van der Waals surface area contributed by atoms with Crippen molar-refractivity contribution in [1.82, 2.24) is 5.32 Å². The Hall–Kier alpha value is -0.610. The van der Waals surface area contributed by atoms with E-state index in [9.17, 15) is 4.79 Å². The molecular weight excluding hydrogens is 144 g/mol. The first-order valence-corrected chi connectivity index (χ1v) is 3.61. The highest BCUT2D eigenvalue weighted by atomic mass is 16.5. The normalized spacial score (nSPS) is 15.9. The average Bonchev–Trinajstić information content (AvgIpc) is 1.99. The number of rotatable bonds is 5. The Bertz CT molecular complexity index is 128. The van der Waals surface area contributed by atoms with Crippen molar-refractivity contribution in [3.05, 3.63) is 0 Å². The van der Waals surface area contributed by atoms with E-state index in [-0.39, 0.29) is 18.1 Å². The van der Waals surface area contributed by atoms with Crippen LogP contribution in [0.25, 0.3) is 0 Å². The maximum absolute atomic E-state index is 10.7. The quantitative estimate of drug-likeness (QED) is 0.569. The van der Waals surface area contributed by atoms with Crippen LogP contribution in [-0.2, 0) is 9.53 Å². The largest absolute Gasteiger partial charge is 0.382 e. The molecule has 0 heterocycles. The predicted molar refractivity (Wildman–Crippen MR) is 43.1 cm³/mol. The lowest BCUT2D eigenvalue weighted by molar-refractivity contribution is -0.120. The van der Waals surface area contributed by atoms with Crippen molar-refractivity contribution in [2.75, 3.05) is 14.2 Å². The predicted octanol–water partition coefficient (Wildman–Crippen LogP) is -0.515. The average molecular weight is 160 g/mol. The molecule has 0 aliphatic rings. The second-order valence-corrected chi connectivity index (χ2v) is 2.53. The van der Waals surface area contributed by atoms with E-state index in [2.05, 4.69) is 5.32 Å². The van der Waals surface area contributed by atoms with Crippen molar-refractivity contribution < 1.29 is 9.53 Å². The van der Waals surface area contributed by atoms with Crippen LogP contribution in [0.5, 0.6) is 0 Å². The number of nitrogens with one attached hydrogen (secondary N) is 1. The van der Waals surface area contributed by atoms with Gasteiger partial charge in [0, 0.05) is 7.11 Å². The molecule has 11 heavy (non-hydrogen) atoms. The highest BCUT2D eigenvalue weighted by Gasteiger charge is 2.15. The van der Waals surface area contributed by atoms with Gasteiger partial charge >= 0.3 is 0 Å². The number of carbonyl (C=O) groups excluding carboxylic acids is 1. The maximum Gasteiger partial charge on any atom is 0.234 e. The Morgan fingerprint density at radius 3 is 2.55 bits per heavy atom. The monoisotopic (exact) mass is 160 g/mol. The lowest BCUT2D eigenvalue weighted by atomic mass is 10.1. The first-order valence-electron chi connectivity index (χ1n) is 3.61. The number of amides is 1. The molecule has 66 valence electrons. The summed E-state index contributed by atoms with van der Waals surface area (Å²) in [5, 5.41) is 2.81. The Balaban J connectivity index is 3.77. The van der Waals surface area contributed by atoms with Crippen LogP contribution < -0.4 is 11.1 Å². The zero-order chi connectivity index (χ0) is 8.85. The van der Waals surface area contributed by atoms with Crippen LogP contribution in [0.1, 0.15) is 13.3 Å². The van der Waals surface area contributed by atoms with Gasteiger partial charge in [-0.2, -0.15) is 0 Å². The summed E-state index contributed by atoms with van der Waals surface area (Å²) in [6, 6.07) is -0.287. The van der Waals surface area contributed by atoms with E-state index in [0.29, 0.717) is 6.42 Å². The minimum atomic E-state index is -0.337. The number of carbonyl (C=O) groups is 1. The molecule has 0 saturated heterocycles. The molecule has 1 unspecified atom stereocenters. The topological polar surface area (TPSA) is 64.3 Å². The molecule has 0 aliphatic heterocycles. The van der Waals surface area contributed by atoms with Crippen LogP contribution in [0.2, 0.25) is 0 Å². The van der Waals surface area contributed by atoms with Crippen molar-refractivity contribution in [3.63, 3.8) is 0 Å². The molecule has 4 heteroatoms. The summed E-state index contributed by atoms with van der Waals surface area (Å²) < 4.78 is 4.98. The van der Waals surface area contributed by atoms with E-state index < -0.39 is 0 Å². The van der Waals surface area contributed by atoms with Crippen LogP contribution in [0.3, 0.4) is 0 Å². The first-order chi connectivity index (χ1) is 5.11. The molecule has 0 fully saturated rings. The second kappa shape index (κ2) is 5.09. The summed E-state index contributed by atoms with van der Waals surface area (Å²) in [7, 11) is 3.32. The summed E-state index contributed by atoms with van der Waals surface area (Å²) >= 11 is 0. The number of likely N-dealkylation sites (N-methyl/N-ethyl adjacent to an activating group) is 1. The highest BCUT2D eigenvalue weighted by molar-refractivity contribution is 5.79. The van der Waals surface area contributed by atoms with Crippen LogP contribution in [0, 0.1) is 0 Å². The molecule has 2 atom stereocenters. The molecule has 0 aliphatic carbocycles. The van der Waals surface area contributed by atoms with E-state index in [1.165, 1.54) is 0 Å². The number of methoxy groups -OCH3 is 1. The molecule has 0 aromatic rings. The summed E-state index contributed by atoms with van der Waals surface area (Å²) in [6.45, 7) is 1.90. The molecule has 0 radical (unpaired) electrons. The van der Waals surface area contributed by atoms with E-state index >= 15 is 0 Å². The molecule has 0 spiro atoms. The molecule has 1 amide bonds. The first kappa shape index (κ1) is 10.4. The summed E-state index contributed by atoms with van der Waals surface area (Å²) in [6.07, 6.45) is 0.669.